The number of unbranched alkanes of at least 4 members (excludes halogenated alkanes) is 1. The number of anilines is 1. The summed E-state index contributed by atoms with van der Waals surface area (Å²) in [6.07, 6.45) is 1.84. The van der Waals surface area contributed by atoms with E-state index in [1.54, 1.807) is 13.8 Å². The van der Waals surface area contributed by atoms with E-state index in [1.165, 1.54) is 0 Å². The van der Waals surface area contributed by atoms with Crippen molar-refractivity contribution in [3.63, 3.8) is 0 Å². The van der Waals surface area contributed by atoms with Gasteiger partial charge in [0.05, 0.1) is 11.4 Å². The normalized spacial score (nSPS) is 10.5. The van der Waals surface area contributed by atoms with Gasteiger partial charge in [-0.05, 0) is 51.3 Å². The molecule has 0 aliphatic carbocycles. The minimum absolute atomic E-state index is 0.0444. The van der Waals surface area contributed by atoms with E-state index in [1.807, 2.05) is 39.0 Å². The summed E-state index contributed by atoms with van der Waals surface area (Å²) in [6, 6.07) is 5.81. The monoisotopic (exact) mass is 354 g/mol. The van der Waals surface area contributed by atoms with Crippen molar-refractivity contribution in [2.75, 3.05) is 11.9 Å². The molecule has 6 nitrogen and oxygen atoms in total. The molecule has 0 saturated carbocycles. The van der Waals surface area contributed by atoms with E-state index in [4.69, 9.17) is 0 Å². The van der Waals surface area contributed by atoms with Gasteiger partial charge in [0.2, 0.25) is 0 Å². The van der Waals surface area contributed by atoms with E-state index in [0.717, 1.165) is 24.0 Å². The van der Waals surface area contributed by atoms with Crippen LogP contribution in [0.2, 0.25) is 0 Å². The van der Waals surface area contributed by atoms with Crippen molar-refractivity contribution in [1.29, 1.82) is 0 Å². The summed E-state index contributed by atoms with van der Waals surface area (Å²) in [5.74, 6) is -0.810. The van der Waals surface area contributed by atoms with E-state index >= 15 is 0 Å². The summed E-state index contributed by atoms with van der Waals surface area (Å²) in [7, 11) is 0. The maximum atomic E-state index is 12.8. The Morgan fingerprint density at radius 2 is 1.58 bits per heavy atom. The second-order valence-electron chi connectivity index (χ2n) is 6.47. The Labute approximate surface area is 154 Å². The number of hydrogen-bond donors (Lipinski definition) is 2. The van der Waals surface area contributed by atoms with Gasteiger partial charge in [0.1, 0.15) is 0 Å². The Bertz CT molecular complexity index is 831. The molecule has 0 aliphatic heterocycles. The summed E-state index contributed by atoms with van der Waals surface area (Å²) >= 11 is 0. The Balaban J connectivity index is 2.34. The Hall–Kier alpha value is -2.76. The quantitative estimate of drug-likeness (QED) is 0.778. The number of hydrogen-bond acceptors (Lipinski definition) is 4. The molecule has 0 radical (unpaired) electrons. The lowest BCUT2D eigenvalue weighted by Crippen LogP contribution is -2.30. The Morgan fingerprint density at radius 1 is 0.962 bits per heavy atom. The highest BCUT2D eigenvalue weighted by Gasteiger charge is 2.22. The SMILES string of the molecule is CCCCNC(=O)c1nc(C)c(C)nc1C(=O)Nc1cc(C)ccc1C. The van der Waals surface area contributed by atoms with Crippen LogP contribution in [0, 0.1) is 27.7 Å². The van der Waals surface area contributed by atoms with E-state index in [2.05, 4.69) is 20.6 Å². The molecule has 2 rings (SSSR count). The summed E-state index contributed by atoms with van der Waals surface area (Å²) < 4.78 is 0. The van der Waals surface area contributed by atoms with Crippen molar-refractivity contribution >= 4 is 17.5 Å². The van der Waals surface area contributed by atoms with Crippen LogP contribution in [-0.2, 0) is 0 Å². The topological polar surface area (TPSA) is 84.0 Å². The molecule has 2 aromatic rings. The molecule has 26 heavy (non-hydrogen) atoms. The van der Waals surface area contributed by atoms with Crippen LogP contribution in [0.25, 0.3) is 0 Å². The van der Waals surface area contributed by atoms with Crippen molar-refractivity contribution in [1.82, 2.24) is 15.3 Å². The number of aromatic nitrogens is 2. The standard InChI is InChI=1S/C20H26N4O2/c1-6-7-10-21-19(25)17-18(23-15(5)14(4)22-17)20(26)24-16-11-12(2)8-9-13(16)3/h8-9,11H,6-7,10H2,1-5H3,(H,21,25)(H,24,26). The number of benzene rings is 1. The van der Waals surface area contributed by atoms with Crippen LogP contribution in [-0.4, -0.2) is 28.3 Å². The Morgan fingerprint density at radius 3 is 2.19 bits per heavy atom. The molecule has 0 unspecified atom stereocenters. The first-order valence-corrected chi connectivity index (χ1v) is 8.85. The zero-order valence-corrected chi connectivity index (χ0v) is 16.1. The maximum Gasteiger partial charge on any atom is 0.276 e. The van der Waals surface area contributed by atoms with Crippen LogP contribution in [0.5, 0.6) is 0 Å². The van der Waals surface area contributed by atoms with Crippen LogP contribution in [0.1, 0.15) is 63.3 Å². The molecule has 138 valence electrons. The van der Waals surface area contributed by atoms with Crippen LogP contribution in [0.15, 0.2) is 18.2 Å². The minimum atomic E-state index is -0.435. The molecule has 0 spiro atoms. The smallest absolute Gasteiger partial charge is 0.276 e. The number of nitrogens with zero attached hydrogens (tertiary/aromatic N) is 2. The lowest BCUT2D eigenvalue weighted by molar-refractivity contribution is 0.0932. The first kappa shape index (κ1) is 19.6. The molecule has 0 aliphatic rings. The number of aryl methyl sites for hydroxylation is 4. The van der Waals surface area contributed by atoms with Gasteiger partial charge in [0.15, 0.2) is 11.4 Å². The molecule has 0 saturated heterocycles. The van der Waals surface area contributed by atoms with Gasteiger partial charge in [-0.15, -0.1) is 0 Å². The maximum absolute atomic E-state index is 12.8. The second-order valence-corrected chi connectivity index (χ2v) is 6.47. The lowest BCUT2D eigenvalue weighted by Gasteiger charge is -2.13. The van der Waals surface area contributed by atoms with Crippen LogP contribution in [0.3, 0.4) is 0 Å². The number of nitrogens with one attached hydrogen (secondary N) is 2. The largest absolute Gasteiger partial charge is 0.351 e. The molecular weight excluding hydrogens is 328 g/mol. The van der Waals surface area contributed by atoms with E-state index in [-0.39, 0.29) is 17.3 Å². The highest BCUT2D eigenvalue weighted by Crippen LogP contribution is 2.18. The third-order valence-corrected chi connectivity index (χ3v) is 4.19. The van der Waals surface area contributed by atoms with Gasteiger partial charge in [0, 0.05) is 12.2 Å². The van der Waals surface area contributed by atoms with E-state index in [0.29, 0.717) is 23.6 Å². The average Bonchev–Trinajstić information content (AvgIpc) is 2.60. The number of amides is 2. The Kier molecular flexibility index (Phi) is 6.44. The highest BCUT2D eigenvalue weighted by molar-refractivity contribution is 6.10. The molecule has 1 heterocycles. The summed E-state index contributed by atoms with van der Waals surface area (Å²) in [6.45, 7) is 10.0. The third-order valence-electron chi connectivity index (χ3n) is 4.19. The van der Waals surface area contributed by atoms with Crippen molar-refractivity contribution in [3.05, 3.63) is 52.1 Å². The summed E-state index contributed by atoms with van der Waals surface area (Å²) in [4.78, 5) is 33.9. The molecule has 0 fully saturated rings. The highest BCUT2D eigenvalue weighted by atomic mass is 16.2. The van der Waals surface area contributed by atoms with Crippen molar-refractivity contribution in [2.45, 2.75) is 47.5 Å². The lowest BCUT2D eigenvalue weighted by atomic mass is 10.1. The predicted molar refractivity (Wildman–Crippen MR) is 103 cm³/mol. The van der Waals surface area contributed by atoms with Gasteiger partial charge in [-0.25, -0.2) is 9.97 Å². The summed E-state index contributed by atoms with van der Waals surface area (Å²) in [5.41, 5.74) is 4.04. The fraction of sp³-hybridized carbons (Fsp3) is 0.400. The van der Waals surface area contributed by atoms with Crippen LogP contribution >= 0.6 is 0 Å². The van der Waals surface area contributed by atoms with Crippen LogP contribution in [0.4, 0.5) is 5.69 Å². The van der Waals surface area contributed by atoms with Gasteiger partial charge in [-0.3, -0.25) is 9.59 Å². The predicted octanol–water partition coefficient (Wildman–Crippen LogP) is 3.49. The molecule has 0 bridgehead atoms. The summed E-state index contributed by atoms with van der Waals surface area (Å²) in [5, 5.41) is 5.66. The molecule has 0 atom stereocenters. The van der Waals surface area contributed by atoms with E-state index in [9.17, 15) is 9.59 Å². The number of carbonyl (C=O) groups excluding carboxylic acids is 2. The fourth-order valence-electron chi connectivity index (χ4n) is 2.43. The molecular formula is C20H26N4O2. The number of rotatable bonds is 6. The van der Waals surface area contributed by atoms with Gasteiger partial charge in [-0.1, -0.05) is 25.5 Å². The zero-order chi connectivity index (χ0) is 19.3. The zero-order valence-electron chi connectivity index (χ0n) is 16.1. The third kappa shape index (κ3) is 4.65. The molecule has 2 amide bonds. The number of carbonyl (C=O) groups is 2. The minimum Gasteiger partial charge on any atom is -0.351 e. The average molecular weight is 354 g/mol. The molecule has 2 N–H and O–H groups in total. The first-order chi connectivity index (χ1) is 12.3. The molecule has 1 aromatic heterocycles. The van der Waals surface area contributed by atoms with Crippen molar-refractivity contribution in [2.24, 2.45) is 0 Å². The van der Waals surface area contributed by atoms with Crippen molar-refractivity contribution in [3.8, 4) is 0 Å². The van der Waals surface area contributed by atoms with Crippen LogP contribution < -0.4 is 10.6 Å². The van der Waals surface area contributed by atoms with Gasteiger partial charge < -0.3 is 10.6 Å². The van der Waals surface area contributed by atoms with E-state index < -0.39 is 5.91 Å². The van der Waals surface area contributed by atoms with Crippen molar-refractivity contribution < 1.29 is 9.59 Å². The van der Waals surface area contributed by atoms with Gasteiger partial charge >= 0.3 is 0 Å². The first-order valence-electron chi connectivity index (χ1n) is 8.85. The second kappa shape index (κ2) is 8.56. The molecule has 1 aromatic carbocycles. The van der Waals surface area contributed by atoms with Gasteiger partial charge in [-0.2, -0.15) is 0 Å². The molecule has 6 heteroatoms. The van der Waals surface area contributed by atoms with Gasteiger partial charge in [0.25, 0.3) is 11.8 Å². The fourth-order valence-corrected chi connectivity index (χ4v) is 2.43.